The van der Waals surface area contributed by atoms with E-state index in [1.807, 2.05) is 0 Å². The number of nitrogens with one attached hydrogen (secondary N) is 2. The number of H-pyrrole nitrogens is 1. The van der Waals surface area contributed by atoms with E-state index in [1.54, 1.807) is 0 Å². The highest BCUT2D eigenvalue weighted by atomic mass is 35.5. The molecule has 29 heavy (non-hydrogen) atoms. The Morgan fingerprint density at radius 2 is 2.03 bits per heavy atom. The predicted octanol–water partition coefficient (Wildman–Crippen LogP) is 4.55. The molecule has 5 nitrogen and oxygen atoms in total. The molecule has 0 saturated heterocycles. The van der Waals surface area contributed by atoms with Crippen molar-refractivity contribution in [1.29, 1.82) is 0 Å². The van der Waals surface area contributed by atoms with Gasteiger partial charge in [-0.15, -0.1) is 0 Å². The molecule has 1 fully saturated rings. The van der Waals surface area contributed by atoms with E-state index in [0.717, 1.165) is 12.6 Å². The summed E-state index contributed by atoms with van der Waals surface area (Å²) in [5.74, 6) is -1.64. The number of aromatic nitrogens is 2. The van der Waals surface area contributed by atoms with Gasteiger partial charge in [-0.2, -0.15) is 0 Å². The molecule has 0 radical (unpaired) electrons. The van der Waals surface area contributed by atoms with Crippen LogP contribution in [0.4, 0.5) is 13.2 Å². The lowest BCUT2D eigenvalue weighted by atomic mass is 10.0. The maximum atomic E-state index is 14.3. The van der Waals surface area contributed by atoms with Gasteiger partial charge in [-0.3, -0.25) is 0 Å². The van der Waals surface area contributed by atoms with E-state index in [0.29, 0.717) is 23.9 Å². The van der Waals surface area contributed by atoms with E-state index >= 15 is 0 Å². The van der Waals surface area contributed by atoms with E-state index < -0.39 is 17.5 Å². The van der Waals surface area contributed by atoms with Crippen LogP contribution in [-0.2, 0) is 13.0 Å². The van der Waals surface area contributed by atoms with E-state index in [1.165, 1.54) is 31.0 Å². The molecule has 1 aliphatic rings. The Morgan fingerprint density at radius 3 is 2.72 bits per heavy atom. The van der Waals surface area contributed by atoms with Gasteiger partial charge in [-0.05, 0) is 49.1 Å². The van der Waals surface area contributed by atoms with Crippen molar-refractivity contribution >= 4 is 28.3 Å². The van der Waals surface area contributed by atoms with Crippen molar-refractivity contribution in [3.63, 3.8) is 0 Å². The molecular weight excluding hydrogens is 405 g/mol. The second-order valence-electron chi connectivity index (χ2n) is 7.17. The van der Waals surface area contributed by atoms with Crippen molar-refractivity contribution in [2.45, 2.75) is 25.8 Å². The number of nitrogens with zero attached hydrogens (tertiary/aromatic N) is 2. The van der Waals surface area contributed by atoms with Gasteiger partial charge in [0.05, 0.1) is 22.8 Å². The van der Waals surface area contributed by atoms with Gasteiger partial charge in [-0.25, -0.2) is 18.2 Å². The fraction of sp³-hybridized carbons (Fsp3) is 0.300. The largest absolute Gasteiger partial charge is 0.411 e. The zero-order valence-electron chi connectivity index (χ0n) is 15.3. The molecule has 0 bridgehead atoms. The van der Waals surface area contributed by atoms with Crippen LogP contribution < -0.4 is 5.32 Å². The predicted molar refractivity (Wildman–Crippen MR) is 104 cm³/mol. The van der Waals surface area contributed by atoms with E-state index in [9.17, 15) is 18.4 Å². The van der Waals surface area contributed by atoms with Gasteiger partial charge in [0.25, 0.3) is 0 Å². The van der Waals surface area contributed by atoms with Crippen LogP contribution in [0.15, 0.2) is 29.4 Å². The summed E-state index contributed by atoms with van der Waals surface area (Å²) < 4.78 is 41.9. The molecule has 3 N–H and O–H groups in total. The molecule has 4 rings (SSSR count). The molecule has 0 aliphatic heterocycles. The maximum absolute atomic E-state index is 14.3. The maximum Gasteiger partial charge on any atom is 0.186 e. The number of fused-ring (bicyclic) bond motifs is 1. The van der Waals surface area contributed by atoms with Crippen LogP contribution in [-0.4, -0.2) is 27.4 Å². The molecule has 1 aromatic heterocycles. The Balaban J connectivity index is 1.67. The number of benzene rings is 2. The zero-order valence-corrected chi connectivity index (χ0v) is 16.0. The third-order valence-corrected chi connectivity index (χ3v) is 5.21. The zero-order chi connectivity index (χ0) is 20.5. The first-order valence-corrected chi connectivity index (χ1v) is 9.56. The highest BCUT2D eigenvalue weighted by molar-refractivity contribution is 6.30. The lowest BCUT2D eigenvalue weighted by molar-refractivity contribution is 0.318. The van der Waals surface area contributed by atoms with Crippen molar-refractivity contribution in [1.82, 2.24) is 15.3 Å². The number of aromatic amines is 1. The smallest absolute Gasteiger partial charge is 0.186 e. The molecule has 0 unspecified atom stereocenters. The quantitative estimate of drug-likeness (QED) is 0.297. The molecule has 0 atom stereocenters. The van der Waals surface area contributed by atoms with Crippen molar-refractivity contribution in [3.8, 4) is 0 Å². The summed E-state index contributed by atoms with van der Waals surface area (Å²) in [5.41, 5.74) is 0.850. The van der Waals surface area contributed by atoms with E-state index in [4.69, 9.17) is 11.6 Å². The van der Waals surface area contributed by atoms with Crippen molar-refractivity contribution in [2.75, 3.05) is 6.54 Å². The standard InChI is InChI=1S/C20H18ClF3N4O/c21-13-5-11(3-4-14(13)22)6-16(28-29)12-7-15(23)18(24)20-19(12)26-17(27-20)9-25-8-10-1-2-10/h3-5,7,10,25,29H,1-2,6,8-9H2,(H,26,27)/b28-16+. The van der Waals surface area contributed by atoms with Crippen molar-refractivity contribution in [3.05, 3.63) is 63.7 Å². The normalized spacial score (nSPS) is 14.7. The van der Waals surface area contributed by atoms with Crippen LogP contribution in [0.2, 0.25) is 5.02 Å². The van der Waals surface area contributed by atoms with Crippen molar-refractivity contribution in [2.24, 2.45) is 11.1 Å². The second-order valence-corrected chi connectivity index (χ2v) is 7.58. The molecule has 1 heterocycles. The number of hydrogen-bond donors (Lipinski definition) is 3. The third-order valence-electron chi connectivity index (χ3n) is 4.92. The molecule has 0 amide bonds. The Hall–Kier alpha value is -2.58. The first-order chi connectivity index (χ1) is 14.0. The van der Waals surface area contributed by atoms with Gasteiger partial charge < -0.3 is 15.5 Å². The first-order valence-electron chi connectivity index (χ1n) is 9.18. The Bertz CT molecular complexity index is 1100. The lowest BCUT2D eigenvalue weighted by Crippen LogP contribution is -2.16. The lowest BCUT2D eigenvalue weighted by Gasteiger charge is -2.08. The molecule has 1 aliphatic carbocycles. The minimum Gasteiger partial charge on any atom is -0.411 e. The molecule has 0 spiro atoms. The number of halogens is 4. The average molecular weight is 423 g/mol. The summed E-state index contributed by atoms with van der Waals surface area (Å²) in [7, 11) is 0. The fourth-order valence-electron chi connectivity index (χ4n) is 3.21. The van der Waals surface area contributed by atoms with Crippen LogP contribution in [0.3, 0.4) is 0 Å². The van der Waals surface area contributed by atoms with Gasteiger partial charge in [0.2, 0.25) is 0 Å². The van der Waals surface area contributed by atoms with Gasteiger partial charge in [0.1, 0.15) is 17.2 Å². The molecule has 9 heteroatoms. The minimum atomic E-state index is -1.10. The summed E-state index contributed by atoms with van der Waals surface area (Å²) in [5, 5.41) is 15.9. The Labute approximate surface area is 169 Å². The highest BCUT2D eigenvalue weighted by Gasteiger charge is 2.22. The fourth-order valence-corrected chi connectivity index (χ4v) is 3.41. The SMILES string of the molecule is O/N=C(\Cc1ccc(F)c(Cl)c1)c1cc(F)c(F)c2nc(CNCC3CC3)[nH]c12. The number of hydrogen-bond acceptors (Lipinski definition) is 4. The molecule has 1 saturated carbocycles. The van der Waals surface area contributed by atoms with Gasteiger partial charge in [0.15, 0.2) is 11.6 Å². The summed E-state index contributed by atoms with van der Waals surface area (Å²) >= 11 is 5.80. The second kappa shape index (κ2) is 8.04. The highest BCUT2D eigenvalue weighted by Crippen LogP contribution is 2.28. The summed E-state index contributed by atoms with van der Waals surface area (Å²) in [4.78, 5) is 7.15. The average Bonchev–Trinajstić information content (AvgIpc) is 3.42. The van der Waals surface area contributed by atoms with Crippen LogP contribution >= 0.6 is 11.6 Å². The Morgan fingerprint density at radius 1 is 1.24 bits per heavy atom. The summed E-state index contributed by atoms with van der Waals surface area (Å²) in [6.07, 6.45) is 2.42. The van der Waals surface area contributed by atoms with E-state index in [2.05, 4.69) is 20.4 Å². The first kappa shape index (κ1) is 19.7. The van der Waals surface area contributed by atoms with Gasteiger partial charge in [-0.1, -0.05) is 22.8 Å². The Kier molecular flexibility index (Phi) is 5.47. The molecular formula is C20H18ClF3N4O. The van der Waals surface area contributed by atoms with Crippen LogP contribution in [0, 0.1) is 23.4 Å². The van der Waals surface area contributed by atoms with Gasteiger partial charge >= 0.3 is 0 Å². The van der Waals surface area contributed by atoms with E-state index in [-0.39, 0.29) is 33.8 Å². The van der Waals surface area contributed by atoms with Crippen LogP contribution in [0.5, 0.6) is 0 Å². The van der Waals surface area contributed by atoms with Gasteiger partial charge in [0, 0.05) is 12.0 Å². The molecule has 152 valence electrons. The van der Waals surface area contributed by atoms with Crippen molar-refractivity contribution < 1.29 is 18.4 Å². The molecule has 2 aromatic carbocycles. The molecule has 3 aromatic rings. The number of rotatable bonds is 7. The topological polar surface area (TPSA) is 73.3 Å². The number of imidazole rings is 1. The summed E-state index contributed by atoms with van der Waals surface area (Å²) in [6.45, 7) is 1.22. The minimum absolute atomic E-state index is 0.0327. The number of oxime groups is 1. The monoisotopic (exact) mass is 422 g/mol. The summed E-state index contributed by atoms with van der Waals surface area (Å²) in [6, 6.07) is 5.01. The third kappa shape index (κ3) is 4.23. The van der Waals surface area contributed by atoms with Crippen LogP contribution in [0.25, 0.3) is 11.0 Å². The van der Waals surface area contributed by atoms with Crippen LogP contribution in [0.1, 0.15) is 29.8 Å².